The third kappa shape index (κ3) is 4.28. The van der Waals surface area contributed by atoms with Gasteiger partial charge in [-0.3, -0.25) is 9.69 Å². The second-order valence-corrected chi connectivity index (χ2v) is 7.31. The van der Waals surface area contributed by atoms with Gasteiger partial charge < -0.3 is 14.5 Å². The lowest BCUT2D eigenvalue weighted by Crippen LogP contribution is -2.37. The molecule has 2 aliphatic rings. The minimum absolute atomic E-state index is 0.0907. The highest BCUT2D eigenvalue weighted by atomic mass is 16.5. The molecule has 3 heterocycles. The van der Waals surface area contributed by atoms with Crippen LogP contribution in [0.5, 0.6) is 0 Å². The number of hydrogen-bond donors (Lipinski definition) is 1. The van der Waals surface area contributed by atoms with E-state index in [2.05, 4.69) is 28.3 Å². The maximum Gasteiger partial charge on any atom is 0.276 e. The van der Waals surface area contributed by atoms with E-state index >= 15 is 0 Å². The molecule has 1 aromatic heterocycles. The van der Waals surface area contributed by atoms with Crippen LogP contribution in [0.2, 0.25) is 0 Å². The molecular weight excluding hydrogens is 342 g/mol. The van der Waals surface area contributed by atoms with Crippen LogP contribution in [-0.4, -0.2) is 58.3 Å². The van der Waals surface area contributed by atoms with Gasteiger partial charge in [-0.2, -0.15) is 0 Å². The van der Waals surface area contributed by atoms with Crippen molar-refractivity contribution in [3.05, 3.63) is 59.5 Å². The highest BCUT2D eigenvalue weighted by Gasteiger charge is 2.24. The molecule has 0 radical (unpaired) electrons. The Bertz CT molecular complexity index is 815. The topological polar surface area (TPSA) is 69.8 Å². The molecule has 0 aliphatic carbocycles. The van der Waals surface area contributed by atoms with Crippen molar-refractivity contribution in [1.29, 1.82) is 0 Å². The third-order valence-corrected chi connectivity index (χ3v) is 5.28. The Morgan fingerprint density at radius 2 is 2.11 bits per heavy atom. The molecule has 0 spiro atoms. The zero-order chi connectivity index (χ0) is 18.6. The molecule has 0 bridgehead atoms. The van der Waals surface area contributed by atoms with E-state index in [1.807, 2.05) is 18.2 Å². The number of piperidine rings is 1. The molecule has 1 N–H and O–H groups in total. The largest absolute Gasteiger partial charge is 0.392 e. The zero-order valence-corrected chi connectivity index (χ0v) is 15.4. The SMILES string of the molecule is O=C(c1cc(CN2CCC[C@@H](O)C2)on1)N1CC=C(c2ccccc2)CC1. The summed E-state index contributed by atoms with van der Waals surface area (Å²) in [6.45, 7) is 3.42. The van der Waals surface area contributed by atoms with Crippen molar-refractivity contribution < 1.29 is 14.4 Å². The van der Waals surface area contributed by atoms with Gasteiger partial charge in [-0.1, -0.05) is 41.6 Å². The lowest BCUT2D eigenvalue weighted by molar-refractivity contribution is 0.0622. The van der Waals surface area contributed by atoms with Gasteiger partial charge in [-0.15, -0.1) is 0 Å². The highest BCUT2D eigenvalue weighted by molar-refractivity contribution is 5.92. The molecule has 0 saturated carbocycles. The number of nitrogens with zero attached hydrogens (tertiary/aromatic N) is 3. The summed E-state index contributed by atoms with van der Waals surface area (Å²) in [7, 11) is 0. The van der Waals surface area contributed by atoms with E-state index in [4.69, 9.17) is 4.52 Å². The van der Waals surface area contributed by atoms with Crippen molar-refractivity contribution in [3.63, 3.8) is 0 Å². The zero-order valence-electron chi connectivity index (χ0n) is 15.4. The average Bonchev–Trinajstić information content (AvgIpc) is 3.17. The van der Waals surface area contributed by atoms with Crippen LogP contribution in [0.4, 0.5) is 0 Å². The fourth-order valence-corrected chi connectivity index (χ4v) is 3.81. The molecular formula is C21H25N3O3. The smallest absolute Gasteiger partial charge is 0.276 e. The number of carbonyl (C=O) groups excluding carboxylic acids is 1. The maximum atomic E-state index is 12.7. The van der Waals surface area contributed by atoms with Crippen LogP contribution < -0.4 is 0 Å². The first kappa shape index (κ1) is 17.9. The second kappa shape index (κ2) is 8.06. The molecule has 1 fully saturated rings. The van der Waals surface area contributed by atoms with E-state index < -0.39 is 0 Å². The maximum absolute atomic E-state index is 12.7. The van der Waals surface area contributed by atoms with E-state index in [1.165, 1.54) is 11.1 Å². The van der Waals surface area contributed by atoms with Gasteiger partial charge in [-0.25, -0.2) is 0 Å². The first-order valence-corrected chi connectivity index (χ1v) is 9.59. The van der Waals surface area contributed by atoms with E-state index in [0.717, 1.165) is 25.8 Å². The fraction of sp³-hybridized carbons (Fsp3) is 0.429. The molecule has 2 aliphatic heterocycles. The molecule has 1 atom stereocenters. The standard InChI is InChI=1S/C21H25N3O3/c25-18-7-4-10-23(14-18)15-19-13-20(22-27-19)21(26)24-11-8-17(9-12-24)16-5-2-1-3-6-16/h1-3,5-6,8,13,18,25H,4,7,9-12,14-15H2/t18-/m1/s1. The van der Waals surface area contributed by atoms with E-state index in [-0.39, 0.29) is 12.0 Å². The van der Waals surface area contributed by atoms with Gasteiger partial charge in [-0.05, 0) is 36.9 Å². The van der Waals surface area contributed by atoms with Crippen LogP contribution >= 0.6 is 0 Å². The minimum atomic E-state index is -0.276. The molecule has 4 rings (SSSR count). The quantitative estimate of drug-likeness (QED) is 0.899. The van der Waals surface area contributed by atoms with Crippen LogP contribution in [0, 0.1) is 0 Å². The second-order valence-electron chi connectivity index (χ2n) is 7.31. The minimum Gasteiger partial charge on any atom is -0.392 e. The van der Waals surface area contributed by atoms with Crippen LogP contribution in [0.15, 0.2) is 47.0 Å². The summed E-state index contributed by atoms with van der Waals surface area (Å²) in [5, 5.41) is 13.7. The summed E-state index contributed by atoms with van der Waals surface area (Å²) >= 11 is 0. The first-order valence-electron chi connectivity index (χ1n) is 9.59. The predicted octanol–water partition coefficient (Wildman–Crippen LogP) is 2.56. The number of aromatic nitrogens is 1. The highest BCUT2D eigenvalue weighted by Crippen LogP contribution is 2.23. The van der Waals surface area contributed by atoms with Gasteiger partial charge in [0, 0.05) is 25.7 Å². The Morgan fingerprint density at radius 1 is 1.26 bits per heavy atom. The molecule has 27 heavy (non-hydrogen) atoms. The molecule has 1 aromatic carbocycles. The summed E-state index contributed by atoms with van der Waals surface area (Å²) in [5.41, 5.74) is 2.86. The van der Waals surface area contributed by atoms with Crippen molar-refractivity contribution in [3.8, 4) is 0 Å². The number of aliphatic hydroxyl groups excluding tert-OH is 1. The van der Waals surface area contributed by atoms with Crippen LogP contribution in [0.25, 0.3) is 5.57 Å². The average molecular weight is 367 g/mol. The van der Waals surface area contributed by atoms with Gasteiger partial charge in [0.2, 0.25) is 0 Å². The van der Waals surface area contributed by atoms with Crippen LogP contribution in [0.1, 0.15) is 41.1 Å². The summed E-state index contributed by atoms with van der Waals surface area (Å²) in [4.78, 5) is 16.7. The number of benzene rings is 1. The Balaban J connectivity index is 1.36. The van der Waals surface area contributed by atoms with Crippen molar-refractivity contribution in [2.75, 3.05) is 26.2 Å². The van der Waals surface area contributed by atoms with E-state index in [1.54, 1.807) is 11.0 Å². The van der Waals surface area contributed by atoms with Crippen molar-refractivity contribution in [2.24, 2.45) is 0 Å². The number of carbonyl (C=O) groups is 1. The number of likely N-dealkylation sites (tertiary alicyclic amines) is 1. The molecule has 142 valence electrons. The first-order chi connectivity index (χ1) is 13.2. The van der Waals surface area contributed by atoms with Gasteiger partial charge in [0.25, 0.3) is 5.91 Å². The number of β-amino-alcohol motifs (C(OH)–C–C–N with tert-alkyl or cyclic N) is 1. The van der Waals surface area contributed by atoms with Gasteiger partial charge in [0.1, 0.15) is 0 Å². The van der Waals surface area contributed by atoms with E-state index in [9.17, 15) is 9.90 Å². The summed E-state index contributed by atoms with van der Waals surface area (Å²) in [5.74, 6) is 0.581. The number of hydrogen-bond acceptors (Lipinski definition) is 5. The van der Waals surface area contributed by atoms with Crippen molar-refractivity contribution >= 4 is 11.5 Å². The Labute approximate surface area is 159 Å². The monoisotopic (exact) mass is 367 g/mol. The number of aliphatic hydroxyl groups is 1. The van der Waals surface area contributed by atoms with Crippen LogP contribution in [-0.2, 0) is 6.54 Å². The molecule has 2 aromatic rings. The lowest BCUT2D eigenvalue weighted by Gasteiger charge is -2.28. The molecule has 6 heteroatoms. The Hall–Kier alpha value is -2.44. The molecule has 0 unspecified atom stereocenters. The molecule has 6 nitrogen and oxygen atoms in total. The van der Waals surface area contributed by atoms with E-state index in [0.29, 0.717) is 37.6 Å². The fourth-order valence-electron chi connectivity index (χ4n) is 3.81. The normalized spacial score (nSPS) is 21.1. The molecule has 1 amide bonds. The third-order valence-electron chi connectivity index (χ3n) is 5.28. The number of rotatable bonds is 4. The predicted molar refractivity (Wildman–Crippen MR) is 102 cm³/mol. The lowest BCUT2D eigenvalue weighted by atomic mass is 9.99. The van der Waals surface area contributed by atoms with Gasteiger partial charge >= 0.3 is 0 Å². The van der Waals surface area contributed by atoms with Crippen LogP contribution in [0.3, 0.4) is 0 Å². The van der Waals surface area contributed by atoms with Crippen molar-refractivity contribution in [2.45, 2.75) is 31.9 Å². The summed E-state index contributed by atoms with van der Waals surface area (Å²) in [6.07, 6.45) is 4.51. The Morgan fingerprint density at radius 3 is 2.85 bits per heavy atom. The molecule has 1 saturated heterocycles. The van der Waals surface area contributed by atoms with Gasteiger partial charge in [0.15, 0.2) is 11.5 Å². The van der Waals surface area contributed by atoms with Crippen molar-refractivity contribution in [1.82, 2.24) is 15.0 Å². The summed E-state index contributed by atoms with van der Waals surface area (Å²) < 4.78 is 5.37. The number of amides is 1. The van der Waals surface area contributed by atoms with Gasteiger partial charge in [0.05, 0.1) is 12.6 Å². The summed E-state index contributed by atoms with van der Waals surface area (Å²) in [6, 6.07) is 12.0. The Kier molecular flexibility index (Phi) is 5.36.